The van der Waals surface area contributed by atoms with Crippen LogP contribution in [0.25, 0.3) is 6.08 Å². The summed E-state index contributed by atoms with van der Waals surface area (Å²) < 4.78 is 22.4. The van der Waals surface area contributed by atoms with E-state index in [0.29, 0.717) is 49.7 Å². The second-order valence-electron chi connectivity index (χ2n) is 6.67. The standard InChI is InChI=1S/C24H18Cl2O5/c1-28-20-8-3-5-14(24(20)29-2)11-22-23(27)16-10-9-15(12-21(16)31-22)30-13-17-18(25)6-4-7-19(17)26/h3-12H,13H2,1-2H3/b22-11-. The van der Waals surface area contributed by atoms with E-state index < -0.39 is 0 Å². The zero-order chi connectivity index (χ0) is 22.0. The van der Waals surface area contributed by atoms with Gasteiger partial charge in [0.25, 0.3) is 0 Å². The second-order valence-corrected chi connectivity index (χ2v) is 7.48. The third-order valence-corrected chi connectivity index (χ3v) is 5.51. The number of ether oxygens (including phenoxy) is 4. The van der Waals surface area contributed by atoms with E-state index in [0.717, 1.165) is 0 Å². The highest BCUT2D eigenvalue weighted by Gasteiger charge is 2.28. The molecule has 0 aromatic heterocycles. The fourth-order valence-corrected chi connectivity index (χ4v) is 3.76. The summed E-state index contributed by atoms with van der Waals surface area (Å²) in [6, 6.07) is 15.7. The summed E-state index contributed by atoms with van der Waals surface area (Å²) in [4.78, 5) is 12.8. The van der Waals surface area contributed by atoms with Crippen molar-refractivity contribution in [1.29, 1.82) is 0 Å². The fraction of sp³-hybridized carbons (Fsp3) is 0.125. The summed E-state index contributed by atoms with van der Waals surface area (Å²) in [7, 11) is 3.10. The van der Waals surface area contributed by atoms with Gasteiger partial charge in [-0.3, -0.25) is 4.79 Å². The van der Waals surface area contributed by atoms with Crippen molar-refractivity contribution in [3.05, 3.63) is 87.1 Å². The van der Waals surface area contributed by atoms with Crippen LogP contribution in [0.2, 0.25) is 10.0 Å². The van der Waals surface area contributed by atoms with Crippen LogP contribution in [0, 0.1) is 0 Å². The van der Waals surface area contributed by atoms with Gasteiger partial charge in [-0.1, -0.05) is 41.4 Å². The number of fused-ring (bicyclic) bond motifs is 1. The maximum Gasteiger partial charge on any atom is 0.231 e. The Morgan fingerprint density at radius 1 is 0.968 bits per heavy atom. The molecule has 0 amide bonds. The average molecular weight is 457 g/mol. The number of hydrogen-bond donors (Lipinski definition) is 0. The molecule has 0 fully saturated rings. The normalized spacial score (nSPS) is 13.7. The van der Waals surface area contributed by atoms with Gasteiger partial charge < -0.3 is 18.9 Å². The Bertz CT molecular complexity index is 1170. The molecule has 0 saturated heterocycles. The number of ketones is 1. The summed E-state index contributed by atoms with van der Waals surface area (Å²) in [6.07, 6.45) is 1.63. The van der Waals surface area contributed by atoms with E-state index >= 15 is 0 Å². The van der Waals surface area contributed by atoms with E-state index in [9.17, 15) is 4.79 Å². The van der Waals surface area contributed by atoms with Crippen LogP contribution in [0.15, 0.2) is 60.4 Å². The van der Waals surface area contributed by atoms with Crippen LogP contribution < -0.4 is 18.9 Å². The molecular formula is C24H18Cl2O5. The lowest BCUT2D eigenvalue weighted by atomic mass is 10.1. The third kappa shape index (κ3) is 4.20. The topological polar surface area (TPSA) is 54.0 Å². The van der Waals surface area contributed by atoms with Crippen molar-refractivity contribution in [2.24, 2.45) is 0 Å². The van der Waals surface area contributed by atoms with E-state index in [1.165, 1.54) is 0 Å². The number of hydrogen-bond acceptors (Lipinski definition) is 5. The maximum atomic E-state index is 12.8. The first-order chi connectivity index (χ1) is 15.0. The number of halogens is 2. The fourth-order valence-electron chi connectivity index (χ4n) is 3.25. The Balaban J connectivity index is 1.57. The van der Waals surface area contributed by atoms with E-state index in [4.69, 9.17) is 42.1 Å². The number of rotatable bonds is 6. The van der Waals surface area contributed by atoms with Crippen LogP contribution in [0.3, 0.4) is 0 Å². The molecule has 0 saturated carbocycles. The summed E-state index contributed by atoms with van der Waals surface area (Å²) in [5, 5.41) is 1.05. The average Bonchev–Trinajstić information content (AvgIpc) is 3.07. The van der Waals surface area contributed by atoms with E-state index in [1.54, 1.807) is 62.8 Å². The molecule has 7 heteroatoms. The lowest BCUT2D eigenvalue weighted by Crippen LogP contribution is -1.99. The molecule has 0 aliphatic carbocycles. The molecule has 0 unspecified atom stereocenters. The molecule has 0 N–H and O–H groups in total. The van der Waals surface area contributed by atoms with Crippen molar-refractivity contribution in [3.8, 4) is 23.0 Å². The number of methoxy groups -OCH3 is 2. The molecule has 0 spiro atoms. The first kappa shape index (κ1) is 21.1. The number of para-hydroxylation sites is 1. The number of carbonyl (C=O) groups excluding carboxylic acids is 1. The monoisotopic (exact) mass is 456 g/mol. The van der Waals surface area contributed by atoms with Crippen molar-refractivity contribution < 1.29 is 23.7 Å². The largest absolute Gasteiger partial charge is 0.493 e. The molecule has 3 aromatic carbocycles. The number of Topliss-reactive ketones (excluding diaryl/α,β-unsaturated/α-hetero) is 1. The highest BCUT2D eigenvalue weighted by molar-refractivity contribution is 6.35. The number of carbonyl (C=O) groups is 1. The van der Waals surface area contributed by atoms with Gasteiger partial charge in [0.2, 0.25) is 5.78 Å². The van der Waals surface area contributed by atoms with Gasteiger partial charge in [0.1, 0.15) is 18.1 Å². The first-order valence-electron chi connectivity index (χ1n) is 9.36. The van der Waals surface area contributed by atoms with Gasteiger partial charge in [-0.05, 0) is 36.4 Å². The predicted molar refractivity (Wildman–Crippen MR) is 120 cm³/mol. The maximum absolute atomic E-state index is 12.8. The van der Waals surface area contributed by atoms with Gasteiger partial charge in [-0.15, -0.1) is 0 Å². The Kier molecular flexibility index (Phi) is 6.07. The van der Waals surface area contributed by atoms with Crippen LogP contribution in [-0.4, -0.2) is 20.0 Å². The Hall–Kier alpha value is -3.15. The highest BCUT2D eigenvalue weighted by atomic mass is 35.5. The Morgan fingerprint density at radius 2 is 1.71 bits per heavy atom. The van der Waals surface area contributed by atoms with Crippen LogP contribution in [0.1, 0.15) is 21.5 Å². The lowest BCUT2D eigenvalue weighted by Gasteiger charge is -2.10. The Morgan fingerprint density at radius 3 is 2.42 bits per heavy atom. The smallest absolute Gasteiger partial charge is 0.231 e. The molecule has 1 heterocycles. The molecule has 1 aliphatic rings. The molecule has 0 atom stereocenters. The zero-order valence-corrected chi connectivity index (χ0v) is 18.3. The second kappa shape index (κ2) is 8.92. The van der Waals surface area contributed by atoms with Crippen LogP contribution >= 0.6 is 23.2 Å². The molecule has 1 aliphatic heterocycles. The van der Waals surface area contributed by atoms with Crippen molar-refractivity contribution >= 4 is 35.1 Å². The van der Waals surface area contributed by atoms with Crippen LogP contribution in [-0.2, 0) is 6.61 Å². The SMILES string of the molecule is COc1cccc(/C=C2\Oc3cc(OCc4c(Cl)cccc4Cl)ccc3C2=O)c1OC. The summed E-state index contributed by atoms with van der Waals surface area (Å²) in [5.41, 5.74) is 1.81. The summed E-state index contributed by atoms with van der Waals surface area (Å²) in [6.45, 7) is 0.189. The molecule has 0 bridgehead atoms. The number of allylic oxidation sites excluding steroid dienone is 1. The van der Waals surface area contributed by atoms with Crippen molar-refractivity contribution in [2.75, 3.05) is 14.2 Å². The van der Waals surface area contributed by atoms with Crippen molar-refractivity contribution in [1.82, 2.24) is 0 Å². The summed E-state index contributed by atoms with van der Waals surface area (Å²) in [5.74, 6) is 2.00. The molecule has 4 rings (SSSR count). The van der Waals surface area contributed by atoms with E-state index in [1.807, 2.05) is 12.1 Å². The van der Waals surface area contributed by atoms with Gasteiger partial charge in [0, 0.05) is 27.2 Å². The highest BCUT2D eigenvalue weighted by Crippen LogP contribution is 2.38. The van der Waals surface area contributed by atoms with Gasteiger partial charge in [-0.25, -0.2) is 0 Å². The minimum absolute atomic E-state index is 0.188. The lowest BCUT2D eigenvalue weighted by molar-refractivity contribution is 0.101. The van der Waals surface area contributed by atoms with Crippen molar-refractivity contribution in [3.63, 3.8) is 0 Å². The molecule has 0 radical (unpaired) electrons. The van der Waals surface area contributed by atoms with Gasteiger partial charge in [0.15, 0.2) is 17.3 Å². The van der Waals surface area contributed by atoms with Crippen LogP contribution in [0.5, 0.6) is 23.0 Å². The van der Waals surface area contributed by atoms with Gasteiger partial charge in [0.05, 0.1) is 19.8 Å². The third-order valence-electron chi connectivity index (χ3n) is 4.81. The van der Waals surface area contributed by atoms with E-state index in [-0.39, 0.29) is 18.1 Å². The van der Waals surface area contributed by atoms with Gasteiger partial charge in [-0.2, -0.15) is 0 Å². The zero-order valence-electron chi connectivity index (χ0n) is 16.8. The minimum Gasteiger partial charge on any atom is -0.493 e. The summed E-state index contributed by atoms with van der Waals surface area (Å²) >= 11 is 12.4. The molecule has 5 nitrogen and oxygen atoms in total. The predicted octanol–water partition coefficient (Wildman–Crippen LogP) is 6.21. The first-order valence-corrected chi connectivity index (χ1v) is 10.1. The minimum atomic E-state index is -0.222. The molecular weight excluding hydrogens is 439 g/mol. The van der Waals surface area contributed by atoms with Crippen molar-refractivity contribution in [2.45, 2.75) is 6.61 Å². The molecule has 3 aromatic rings. The quantitative estimate of drug-likeness (QED) is 0.412. The molecule has 158 valence electrons. The van der Waals surface area contributed by atoms with Gasteiger partial charge >= 0.3 is 0 Å². The van der Waals surface area contributed by atoms with E-state index in [2.05, 4.69) is 0 Å². The Labute approximate surface area is 189 Å². The molecule has 31 heavy (non-hydrogen) atoms. The number of benzene rings is 3. The van der Waals surface area contributed by atoms with Crippen LogP contribution in [0.4, 0.5) is 0 Å².